The van der Waals surface area contributed by atoms with Gasteiger partial charge < -0.3 is 5.73 Å². The minimum Gasteiger partial charge on any atom is -0.397 e. The maximum atomic E-state index is 12.5. The van der Waals surface area contributed by atoms with Crippen LogP contribution in [0.15, 0.2) is 6.07 Å². The first-order valence-electron chi connectivity index (χ1n) is 4.29. The summed E-state index contributed by atoms with van der Waals surface area (Å²) in [5, 5.41) is 8.35. The minimum atomic E-state index is -4.90. The topological polar surface area (TPSA) is 62.7 Å². The van der Waals surface area contributed by atoms with Crippen LogP contribution in [0.1, 0.15) is 23.4 Å². The van der Waals surface area contributed by atoms with Crippen molar-refractivity contribution in [2.75, 3.05) is 5.73 Å². The molecule has 0 atom stereocenters. The van der Waals surface area contributed by atoms with E-state index in [4.69, 9.17) is 11.0 Å². The molecule has 1 heterocycles. The maximum absolute atomic E-state index is 12.5. The first kappa shape index (κ1) is 13.2. The fourth-order valence-electron chi connectivity index (χ4n) is 1.23. The third-order valence-corrected chi connectivity index (χ3v) is 1.91. The van der Waals surface area contributed by atoms with Crippen LogP contribution in [0.3, 0.4) is 0 Å². The van der Waals surface area contributed by atoms with Crippen LogP contribution in [0.25, 0.3) is 0 Å². The van der Waals surface area contributed by atoms with Gasteiger partial charge in [-0.3, -0.25) is 0 Å². The van der Waals surface area contributed by atoms with Crippen LogP contribution < -0.4 is 5.73 Å². The van der Waals surface area contributed by atoms with Crippen molar-refractivity contribution in [1.29, 1.82) is 5.26 Å². The Hall–Kier alpha value is -1.91. The lowest BCUT2D eigenvalue weighted by Gasteiger charge is -2.13. The molecule has 0 amide bonds. The number of nitrogens with two attached hydrogens (primary N) is 1. The standard InChI is InChI=1S/C9H6F5N3/c10-8(11)6-5(16)3-4(1-2-15)7(17-6)9(12,13)14/h3,8H,1,16H2. The monoisotopic (exact) mass is 251 g/mol. The van der Waals surface area contributed by atoms with Crippen molar-refractivity contribution in [2.24, 2.45) is 0 Å². The summed E-state index contributed by atoms with van der Waals surface area (Å²) in [5.41, 5.74) is 1.45. The SMILES string of the molecule is N#CCc1cc(N)c(C(F)F)nc1C(F)(F)F. The number of aromatic nitrogens is 1. The molecule has 0 aliphatic carbocycles. The highest BCUT2D eigenvalue weighted by molar-refractivity contribution is 5.48. The lowest BCUT2D eigenvalue weighted by atomic mass is 10.1. The number of halogens is 5. The van der Waals surface area contributed by atoms with E-state index >= 15 is 0 Å². The van der Waals surface area contributed by atoms with Crippen LogP contribution in [0.5, 0.6) is 0 Å². The number of nitrogens with zero attached hydrogens (tertiary/aromatic N) is 2. The number of alkyl halides is 5. The molecule has 92 valence electrons. The van der Waals surface area contributed by atoms with Crippen LogP contribution in [0.4, 0.5) is 27.6 Å². The van der Waals surface area contributed by atoms with E-state index in [0.29, 0.717) is 6.07 Å². The summed E-state index contributed by atoms with van der Waals surface area (Å²) in [6.45, 7) is 0. The molecule has 0 aliphatic heterocycles. The Balaban J connectivity index is 3.43. The Morgan fingerprint density at radius 1 is 1.41 bits per heavy atom. The van der Waals surface area contributed by atoms with Gasteiger partial charge in [0.2, 0.25) is 0 Å². The van der Waals surface area contributed by atoms with E-state index in [2.05, 4.69) is 4.98 Å². The minimum absolute atomic E-state index is 0.512. The molecule has 0 bridgehead atoms. The normalized spacial score (nSPS) is 11.6. The second-order valence-electron chi connectivity index (χ2n) is 3.10. The number of hydrogen-bond acceptors (Lipinski definition) is 3. The predicted octanol–water partition coefficient (Wildman–Crippen LogP) is 2.69. The fraction of sp³-hybridized carbons (Fsp3) is 0.333. The van der Waals surface area contributed by atoms with E-state index in [1.165, 1.54) is 6.07 Å². The Kier molecular flexibility index (Phi) is 3.50. The second-order valence-corrected chi connectivity index (χ2v) is 3.10. The summed E-state index contributed by atoms with van der Waals surface area (Å²) in [6, 6.07) is 2.20. The predicted molar refractivity (Wildman–Crippen MR) is 47.9 cm³/mol. The summed E-state index contributed by atoms with van der Waals surface area (Å²) in [7, 11) is 0. The van der Waals surface area contributed by atoms with E-state index in [-0.39, 0.29) is 0 Å². The van der Waals surface area contributed by atoms with Crippen molar-refractivity contribution in [3.05, 3.63) is 23.0 Å². The van der Waals surface area contributed by atoms with Crippen molar-refractivity contribution in [2.45, 2.75) is 19.0 Å². The van der Waals surface area contributed by atoms with E-state index in [9.17, 15) is 22.0 Å². The van der Waals surface area contributed by atoms with Crippen LogP contribution in [-0.4, -0.2) is 4.98 Å². The highest BCUT2D eigenvalue weighted by Crippen LogP contribution is 2.34. The average Bonchev–Trinajstić information content (AvgIpc) is 2.15. The van der Waals surface area contributed by atoms with Crippen molar-refractivity contribution in [3.8, 4) is 6.07 Å². The van der Waals surface area contributed by atoms with E-state index in [0.717, 1.165) is 0 Å². The molecule has 2 N–H and O–H groups in total. The molecular formula is C9H6F5N3. The third kappa shape index (κ3) is 2.81. The lowest BCUT2D eigenvalue weighted by molar-refractivity contribution is -0.142. The smallest absolute Gasteiger partial charge is 0.397 e. The lowest BCUT2D eigenvalue weighted by Crippen LogP contribution is -2.15. The van der Waals surface area contributed by atoms with E-state index in [1.54, 1.807) is 0 Å². The van der Waals surface area contributed by atoms with Gasteiger partial charge in [-0.15, -0.1) is 0 Å². The number of anilines is 1. The molecule has 0 spiro atoms. The third-order valence-electron chi connectivity index (χ3n) is 1.91. The number of rotatable bonds is 2. The van der Waals surface area contributed by atoms with Gasteiger partial charge in [-0.25, -0.2) is 13.8 Å². The first-order valence-corrected chi connectivity index (χ1v) is 4.29. The molecule has 8 heteroatoms. The molecule has 3 nitrogen and oxygen atoms in total. The Labute approximate surface area is 92.7 Å². The number of nitriles is 1. The van der Waals surface area contributed by atoms with Crippen LogP contribution in [-0.2, 0) is 12.6 Å². The van der Waals surface area contributed by atoms with Gasteiger partial charge in [-0.05, 0) is 11.6 Å². The fourth-order valence-corrected chi connectivity index (χ4v) is 1.23. The van der Waals surface area contributed by atoms with Crippen LogP contribution in [0.2, 0.25) is 0 Å². The highest BCUT2D eigenvalue weighted by atomic mass is 19.4. The molecule has 0 aliphatic rings. The first-order chi connectivity index (χ1) is 7.77. The number of nitrogen functional groups attached to an aromatic ring is 1. The van der Waals surface area contributed by atoms with Crippen molar-refractivity contribution in [1.82, 2.24) is 4.98 Å². The van der Waals surface area contributed by atoms with Gasteiger partial charge in [-0.2, -0.15) is 18.4 Å². The summed E-state index contributed by atoms with van der Waals surface area (Å²) in [4.78, 5) is 2.81. The summed E-state index contributed by atoms with van der Waals surface area (Å²) < 4.78 is 62.1. The Morgan fingerprint density at radius 2 is 2.00 bits per heavy atom. The molecule has 0 aromatic carbocycles. The molecule has 0 unspecified atom stereocenters. The van der Waals surface area contributed by atoms with Gasteiger partial charge in [0.25, 0.3) is 6.43 Å². The number of hydrogen-bond donors (Lipinski definition) is 1. The van der Waals surface area contributed by atoms with Gasteiger partial charge in [0.15, 0.2) is 0 Å². The van der Waals surface area contributed by atoms with Crippen LogP contribution >= 0.6 is 0 Å². The zero-order chi connectivity index (χ0) is 13.2. The second kappa shape index (κ2) is 4.53. The molecule has 17 heavy (non-hydrogen) atoms. The molecule has 1 aromatic rings. The quantitative estimate of drug-likeness (QED) is 0.822. The summed E-state index contributed by atoms with van der Waals surface area (Å²) in [6.07, 6.45) is -8.70. The van der Waals surface area contributed by atoms with Gasteiger partial charge >= 0.3 is 6.18 Å². The van der Waals surface area contributed by atoms with Crippen molar-refractivity contribution >= 4 is 5.69 Å². The molecule has 0 saturated heterocycles. The van der Waals surface area contributed by atoms with Crippen molar-refractivity contribution < 1.29 is 22.0 Å². The van der Waals surface area contributed by atoms with Gasteiger partial charge in [0, 0.05) is 0 Å². The maximum Gasteiger partial charge on any atom is 0.433 e. The Morgan fingerprint density at radius 3 is 2.41 bits per heavy atom. The Bertz CT molecular complexity index is 461. The summed E-state index contributed by atoms with van der Waals surface area (Å²) in [5.74, 6) is 0. The van der Waals surface area contributed by atoms with E-state index < -0.39 is 41.7 Å². The van der Waals surface area contributed by atoms with Crippen LogP contribution in [0, 0.1) is 11.3 Å². The highest BCUT2D eigenvalue weighted by Gasteiger charge is 2.36. The van der Waals surface area contributed by atoms with Crippen molar-refractivity contribution in [3.63, 3.8) is 0 Å². The molecule has 1 aromatic heterocycles. The van der Waals surface area contributed by atoms with E-state index in [1.807, 2.05) is 0 Å². The molecule has 0 saturated carbocycles. The molecule has 1 rings (SSSR count). The average molecular weight is 251 g/mol. The molecule has 0 radical (unpaired) electrons. The number of pyridine rings is 1. The molecule has 0 fully saturated rings. The summed E-state index contributed by atoms with van der Waals surface area (Å²) >= 11 is 0. The van der Waals surface area contributed by atoms with Gasteiger partial charge in [-0.1, -0.05) is 0 Å². The van der Waals surface area contributed by atoms with Gasteiger partial charge in [0.1, 0.15) is 11.4 Å². The zero-order valence-electron chi connectivity index (χ0n) is 8.22. The van der Waals surface area contributed by atoms with Gasteiger partial charge in [0.05, 0.1) is 18.2 Å². The zero-order valence-corrected chi connectivity index (χ0v) is 8.22. The largest absolute Gasteiger partial charge is 0.433 e. The molecular weight excluding hydrogens is 245 g/mol.